The van der Waals surface area contributed by atoms with Crippen molar-refractivity contribution in [2.75, 3.05) is 0 Å². The summed E-state index contributed by atoms with van der Waals surface area (Å²) in [6, 6.07) is 2.22. The zero-order valence-electron chi connectivity index (χ0n) is 11.8. The van der Waals surface area contributed by atoms with Crippen LogP contribution in [-0.2, 0) is 9.31 Å². The average Bonchev–Trinajstić information content (AvgIpc) is 2.54. The lowest BCUT2D eigenvalue weighted by atomic mass is 9.74. The van der Waals surface area contributed by atoms with Crippen molar-refractivity contribution < 1.29 is 18.1 Å². The van der Waals surface area contributed by atoms with Crippen LogP contribution >= 0.6 is 11.6 Å². The zero-order chi connectivity index (χ0) is 15.3. The van der Waals surface area contributed by atoms with Crippen molar-refractivity contribution in [1.82, 2.24) is 0 Å². The lowest BCUT2D eigenvalue weighted by Gasteiger charge is -2.32. The van der Waals surface area contributed by atoms with Crippen LogP contribution in [0.3, 0.4) is 0 Å². The second kappa shape index (κ2) is 4.95. The maximum atomic E-state index is 14.0. The van der Waals surface area contributed by atoms with Crippen molar-refractivity contribution in [2.24, 2.45) is 5.73 Å². The third-order valence-electron chi connectivity index (χ3n) is 3.98. The van der Waals surface area contributed by atoms with Crippen molar-refractivity contribution in [3.63, 3.8) is 0 Å². The molecule has 1 heterocycles. The lowest BCUT2D eigenvalue weighted by Crippen LogP contribution is -2.41. The molecule has 0 aromatic heterocycles. The maximum absolute atomic E-state index is 14.0. The van der Waals surface area contributed by atoms with E-state index in [2.05, 4.69) is 0 Å². The SMILES string of the molecule is CC1(C)OB(C(N)c2c(F)ccc(Cl)c2F)OC1(C)C. The molecule has 3 nitrogen and oxygen atoms in total. The fourth-order valence-electron chi connectivity index (χ4n) is 2.02. The summed E-state index contributed by atoms with van der Waals surface area (Å²) >= 11 is 5.67. The molecular weight excluding hydrogens is 286 g/mol. The van der Waals surface area contributed by atoms with Gasteiger partial charge in [-0.1, -0.05) is 11.6 Å². The molecule has 0 saturated carbocycles. The van der Waals surface area contributed by atoms with Gasteiger partial charge in [0, 0.05) is 5.56 Å². The molecule has 2 N–H and O–H groups in total. The molecular formula is C13H17BClF2NO2. The Morgan fingerprint density at radius 3 is 2.15 bits per heavy atom. The lowest BCUT2D eigenvalue weighted by molar-refractivity contribution is 0.00578. The highest BCUT2D eigenvalue weighted by Crippen LogP contribution is 2.40. The first-order chi connectivity index (χ1) is 9.07. The summed E-state index contributed by atoms with van der Waals surface area (Å²) in [6.45, 7) is 7.35. The van der Waals surface area contributed by atoms with Gasteiger partial charge in [-0.25, -0.2) is 8.78 Å². The molecule has 1 atom stereocenters. The van der Waals surface area contributed by atoms with Crippen LogP contribution in [0.4, 0.5) is 8.78 Å². The third-order valence-corrected chi connectivity index (χ3v) is 4.27. The minimum atomic E-state index is -1.10. The number of hydrogen-bond donors (Lipinski definition) is 1. The fourth-order valence-corrected chi connectivity index (χ4v) is 2.18. The Bertz CT molecular complexity index is 523. The van der Waals surface area contributed by atoms with E-state index in [4.69, 9.17) is 26.6 Å². The summed E-state index contributed by atoms with van der Waals surface area (Å²) in [4.78, 5) is 0. The number of halogens is 3. The van der Waals surface area contributed by atoms with Crippen LogP contribution in [0.1, 0.15) is 39.2 Å². The Balaban J connectivity index is 2.35. The normalized spacial score (nSPS) is 22.1. The van der Waals surface area contributed by atoms with Crippen molar-refractivity contribution in [2.45, 2.75) is 44.8 Å². The molecule has 1 aromatic rings. The van der Waals surface area contributed by atoms with Gasteiger partial charge < -0.3 is 15.0 Å². The predicted octanol–water partition coefficient (Wildman–Crippen LogP) is 3.25. The van der Waals surface area contributed by atoms with Crippen molar-refractivity contribution >= 4 is 18.7 Å². The van der Waals surface area contributed by atoms with E-state index in [0.717, 1.165) is 12.1 Å². The number of rotatable bonds is 2. The van der Waals surface area contributed by atoms with E-state index in [-0.39, 0.29) is 10.6 Å². The summed E-state index contributed by atoms with van der Waals surface area (Å²) in [6.07, 6.45) is 0. The summed E-state index contributed by atoms with van der Waals surface area (Å²) in [5.41, 5.74) is 4.35. The molecule has 2 rings (SSSR count). The Morgan fingerprint density at radius 1 is 1.15 bits per heavy atom. The van der Waals surface area contributed by atoms with Crippen LogP contribution in [-0.4, -0.2) is 18.3 Å². The summed E-state index contributed by atoms with van der Waals surface area (Å²) in [5.74, 6) is -2.75. The standard InChI is InChI=1S/C13H17BClF2NO2/c1-12(2)13(3,4)20-14(19-12)11(18)9-8(16)6-5-7(15)10(9)17/h5-6,11H,18H2,1-4H3. The fraction of sp³-hybridized carbons (Fsp3) is 0.538. The van der Waals surface area contributed by atoms with Crippen LogP contribution in [0, 0.1) is 11.6 Å². The topological polar surface area (TPSA) is 44.5 Å². The molecule has 0 amide bonds. The van der Waals surface area contributed by atoms with E-state index >= 15 is 0 Å². The predicted molar refractivity (Wildman–Crippen MR) is 74.4 cm³/mol. The molecule has 1 aliphatic heterocycles. The summed E-state index contributed by atoms with van der Waals surface area (Å²) in [7, 11) is -0.942. The van der Waals surface area contributed by atoms with Gasteiger partial charge in [0.2, 0.25) is 0 Å². The van der Waals surface area contributed by atoms with E-state index in [1.54, 1.807) is 0 Å². The molecule has 1 fully saturated rings. The average molecular weight is 304 g/mol. The largest absolute Gasteiger partial charge is 0.480 e. The third kappa shape index (κ3) is 2.46. The molecule has 0 aliphatic carbocycles. The molecule has 0 spiro atoms. The van der Waals surface area contributed by atoms with Crippen molar-refractivity contribution in [3.8, 4) is 0 Å². The second-order valence-electron chi connectivity index (χ2n) is 5.91. The van der Waals surface area contributed by atoms with Crippen molar-refractivity contribution in [1.29, 1.82) is 0 Å². The van der Waals surface area contributed by atoms with Crippen LogP contribution in [0.15, 0.2) is 12.1 Å². The van der Waals surface area contributed by atoms with E-state index in [1.165, 1.54) is 0 Å². The zero-order valence-corrected chi connectivity index (χ0v) is 12.6. The Hall–Kier alpha value is -0.685. The van der Waals surface area contributed by atoms with E-state index in [1.807, 2.05) is 27.7 Å². The highest BCUT2D eigenvalue weighted by Gasteiger charge is 2.54. The van der Waals surface area contributed by atoms with E-state index < -0.39 is 35.9 Å². The van der Waals surface area contributed by atoms with E-state index in [9.17, 15) is 8.78 Å². The van der Waals surface area contributed by atoms with Crippen LogP contribution in [0.25, 0.3) is 0 Å². The van der Waals surface area contributed by atoms with Gasteiger partial charge in [0.15, 0.2) is 0 Å². The van der Waals surface area contributed by atoms with Crippen LogP contribution < -0.4 is 5.73 Å². The first-order valence-corrected chi connectivity index (χ1v) is 6.69. The van der Waals surface area contributed by atoms with Crippen molar-refractivity contribution in [3.05, 3.63) is 34.4 Å². The van der Waals surface area contributed by atoms with Gasteiger partial charge in [-0.15, -0.1) is 0 Å². The maximum Gasteiger partial charge on any atom is 0.480 e. The number of hydrogen-bond acceptors (Lipinski definition) is 3. The van der Waals surface area contributed by atoms with Crippen LogP contribution in [0.5, 0.6) is 0 Å². The minimum absolute atomic E-state index is 0.187. The van der Waals surface area contributed by atoms with Gasteiger partial charge in [-0.05, 0) is 39.8 Å². The molecule has 1 saturated heterocycles. The summed E-state index contributed by atoms with van der Waals surface area (Å²) in [5, 5.41) is -0.187. The Labute approximate surface area is 122 Å². The first-order valence-electron chi connectivity index (χ1n) is 6.31. The molecule has 110 valence electrons. The van der Waals surface area contributed by atoms with Gasteiger partial charge >= 0.3 is 7.12 Å². The Morgan fingerprint density at radius 2 is 1.65 bits per heavy atom. The number of benzene rings is 1. The quantitative estimate of drug-likeness (QED) is 0.674. The molecule has 1 aliphatic rings. The van der Waals surface area contributed by atoms with Gasteiger partial charge in [0.25, 0.3) is 0 Å². The summed E-state index contributed by atoms with van der Waals surface area (Å²) < 4.78 is 39.2. The molecule has 1 unspecified atom stereocenters. The van der Waals surface area contributed by atoms with E-state index in [0.29, 0.717) is 0 Å². The van der Waals surface area contributed by atoms with Gasteiger partial charge in [0.1, 0.15) is 11.6 Å². The molecule has 1 aromatic carbocycles. The smallest absolute Gasteiger partial charge is 0.402 e. The van der Waals surface area contributed by atoms with Gasteiger partial charge in [-0.3, -0.25) is 0 Å². The Kier molecular flexibility index (Phi) is 3.88. The molecule has 7 heteroatoms. The first kappa shape index (κ1) is 15.7. The number of nitrogens with two attached hydrogens (primary N) is 1. The highest BCUT2D eigenvalue weighted by atomic mass is 35.5. The molecule has 20 heavy (non-hydrogen) atoms. The highest BCUT2D eigenvalue weighted by molar-refractivity contribution is 6.47. The van der Waals surface area contributed by atoms with Crippen LogP contribution in [0.2, 0.25) is 5.02 Å². The molecule has 0 bridgehead atoms. The monoisotopic (exact) mass is 303 g/mol. The minimum Gasteiger partial charge on any atom is -0.402 e. The van der Waals surface area contributed by atoms with Gasteiger partial charge in [-0.2, -0.15) is 0 Å². The van der Waals surface area contributed by atoms with Gasteiger partial charge in [0.05, 0.1) is 22.2 Å². The second-order valence-corrected chi connectivity index (χ2v) is 6.31. The molecule has 0 radical (unpaired) electrons.